The number of piperidine rings is 1. The molecule has 1 N–H and O–H groups in total. The van der Waals surface area contributed by atoms with Gasteiger partial charge in [-0.3, -0.25) is 9.48 Å². The standard InChI is InChI=1S/C27H31N3O2/c1-20-18-24(28-30(20)19-21-10-4-2-5-11-21)26(31)29-17-16-27(32,22-12-6-3-7-13-22)23-14-8-9-15-25(23)29/h2-7,10-13,18,23,25,32H,8-9,14-17,19H2,1H3/t23-,25+,27?/m1/s1. The van der Waals surface area contributed by atoms with Gasteiger partial charge in [0, 0.05) is 24.2 Å². The summed E-state index contributed by atoms with van der Waals surface area (Å²) < 4.78 is 1.91. The number of carbonyl (C=O) groups is 1. The Kier molecular flexibility index (Phi) is 5.60. The fourth-order valence-electron chi connectivity index (χ4n) is 5.70. The molecule has 0 bridgehead atoms. The normalized spacial score (nSPS) is 25.4. The van der Waals surface area contributed by atoms with Gasteiger partial charge >= 0.3 is 0 Å². The van der Waals surface area contributed by atoms with E-state index in [9.17, 15) is 9.90 Å². The third-order valence-corrected chi connectivity index (χ3v) is 7.39. The highest BCUT2D eigenvalue weighted by Gasteiger charge is 2.50. The molecule has 5 nitrogen and oxygen atoms in total. The Morgan fingerprint density at radius 2 is 1.75 bits per heavy atom. The number of aryl methyl sites for hydroxylation is 1. The summed E-state index contributed by atoms with van der Waals surface area (Å²) in [5.74, 6) is 0.0516. The number of nitrogens with zero attached hydrogens (tertiary/aromatic N) is 3. The van der Waals surface area contributed by atoms with E-state index in [0.717, 1.165) is 42.5 Å². The second-order valence-electron chi connectivity index (χ2n) is 9.31. The van der Waals surface area contributed by atoms with Crippen LogP contribution in [0.5, 0.6) is 0 Å². The van der Waals surface area contributed by atoms with Crippen LogP contribution in [0, 0.1) is 12.8 Å². The summed E-state index contributed by atoms with van der Waals surface area (Å²) >= 11 is 0. The van der Waals surface area contributed by atoms with Crippen molar-refractivity contribution in [1.82, 2.24) is 14.7 Å². The number of rotatable bonds is 4. The van der Waals surface area contributed by atoms with E-state index in [4.69, 9.17) is 0 Å². The summed E-state index contributed by atoms with van der Waals surface area (Å²) in [5.41, 5.74) is 2.76. The van der Waals surface area contributed by atoms with E-state index in [0.29, 0.717) is 25.2 Å². The molecule has 1 saturated carbocycles. The molecule has 1 aromatic heterocycles. The van der Waals surface area contributed by atoms with Gasteiger partial charge in [0.15, 0.2) is 5.69 Å². The van der Waals surface area contributed by atoms with Crippen molar-refractivity contribution in [3.05, 3.63) is 89.2 Å². The van der Waals surface area contributed by atoms with Crippen molar-refractivity contribution in [2.75, 3.05) is 6.54 Å². The van der Waals surface area contributed by atoms with Gasteiger partial charge in [-0.05, 0) is 43.4 Å². The molecule has 2 aliphatic rings. The average molecular weight is 430 g/mol. The molecular weight excluding hydrogens is 398 g/mol. The fraction of sp³-hybridized carbons (Fsp3) is 0.407. The molecule has 2 aromatic carbocycles. The van der Waals surface area contributed by atoms with Gasteiger partial charge in [-0.25, -0.2) is 0 Å². The first kappa shape index (κ1) is 21.0. The molecule has 166 valence electrons. The number of amides is 1. The highest BCUT2D eigenvalue weighted by atomic mass is 16.3. The van der Waals surface area contributed by atoms with Crippen LogP contribution in [0.15, 0.2) is 66.7 Å². The Bertz CT molecular complexity index is 1080. The van der Waals surface area contributed by atoms with Gasteiger partial charge < -0.3 is 10.0 Å². The van der Waals surface area contributed by atoms with Crippen LogP contribution in [-0.4, -0.2) is 38.3 Å². The van der Waals surface area contributed by atoms with E-state index < -0.39 is 5.60 Å². The lowest BCUT2D eigenvalue weighted by Crippen LogP contribution is -2.59. The fourth-order valence-corrected chi connectivity index (χ4v) is 5.70. The van der Waals surface area contributed by atoms with Gasteiger partial charge in [-0.2, -0.15) is 5.10 Å². The van der Waals surface area contributed by atoms with Crippen molar-refractivity contribution < 1.29 is 9.90 Å². The molecule has 1 aliphatic carbocycles. The molecule has 2 heterocycles. The summed E-state index contributed by atoms with van der Waals surface area (Å²) in [6.45, 7) is 3.20. The van der Waals surface area contributed by atoms with Crippen LogP contribution in [0.25, 0.3) is 0 Å². The summed E-state index contributed by atoms with van der Waals surface area (Å²) in [7, 11) is 0. The van der Waals surface area contributed by atoms with Gasteiger partial charge in [0.05, 0.1) is 12.1 Å². The molecule has 2 fully saturated rings. The minimum atomic E-state index is -0.869. The van der Waals surface area contributed by atoms with E-state index in [1.165, 1.54) is 0 Å². The summed E-state index contributed by atoms with van der Waals surface area (Å²) in [6.07, 6.45) is 4.64. The number of fused-ring (bicyclic) bond motifs is 1. The molecule has 1 aliphatic heterocycles. The minimum Gasteiger partial charge on any atom is -0.385 e. The van der Waals surface area contributed by atoms with Crippen molar-refractivity contribution in [2.24, 2.45) is 5.92 Å². The molecule has 32 heavy (non-hydrogen) atoms. The number of aliphatic hydroxyl groups is 1. The third kappa shape index (κ3) is 3.75. The second kappa shape index (κ2) is 8.55. The van der Waals surface area contributed by atoms with Crippen molar-refractivity contribution in [3.8, 4) is 0 Å². The van der Waals surface area contributed by atoms with Gasteiger partial charge in [-0.15, -0.1) is 0 Å². The Balaban J connectivity index is 1.40. The Morgan fingerprint density at radius 3 is 2.50 bits per heavy atom. The van der Waals surface area contributed by atoms with Crippen LogP contribution < -0.4 is 0 Å². The van der Waals surface area contributed by atoms with E-state index in [1.807, 2.05) is 71.1 Å². The van der Waals surface area contributed by atoms with Crippen LogP contribution in [0.1, 0.15) is 59.4 Å². The Hall–Kier alpha value is -2.92. The zero-order valence-electron chi connectivity index (χ0n) is 18.7. The number of likely N-dealkylation sites (tertiary alicyclic amines) is 1. The summed E-state index contributed by atoms with van der Waals surface area (Å²) in [4.78, 5) is 15.6. The zero-order valence-corrected chi connectivity index (χ0v) is 18.7. The van der Waals surface area contributed by atoms with Gasteiger partial charge in [0.1, 0.15) is 0 Å². The minimum absolute atomic E-state index is 0.00748. The van der Waals surface area contributed by atoms with Gasteiger partial charge in [-0.1, -0.05) is 73.5 Å². The molecule has 1 saturated heterocycles. The van der Waals surface area contributed by atoms with Crippen LogP contribution in [-0.2, 0) is 12.1 Å². The Morgan fingerprint density at radius 1 is 1.06 bits per heavy atom. The van der Waals surface area contributed by atoms with Crippen LogP contribution >= 0.6 is 0 Å². The number of hydrogen-bond acceptors (Lipinski definition) is 3. The predicted octanol–water partition coefficient (Wildman–Crippen LogP) is 4.53. The summed E-state index contributed by atoms with van der Waals surface area (Å²) in [5, 5.41) is 16.4. The van der Waals surface area contributed by atoms with Crippen molar-refractivity contribution in [2.45, 2.75) is 57.2 Å². The second-order valence-corrected chi connectivity index (χ2v) is 9.31. The summed E-state index contributed by atoms with van der Waals surface area (Å²) in [6, 6.07) is 22.2. The Labute approximate surface area is 189 Å². The molecule has 5 rings (SSSR count). The smallest absolute Gasteiger partial charge is 0.274 e. The van der Waals surface area contributed by atoms with E-state index in [2.05, 4.69) is 17.2 Å². The molecule has 0 spiro atoms. The first-order chi connectivity index (χ1) is 15.6. The zero-order chi connectivity index (χ0) is 22.1. The lowest BCUT2D eigenvalue weighted by atomic mass is 9.66. The van der Waals surface area contributed by atoms with Crippen molar-refractivity contribution >= 4 is 5.91 Å². The first-order valence-electron chi connectivity index (χ1n) is 11.7. The van der Waals surface area contributed by atoms with E-state index in [1.54, 1.807) is 0 Å². The third-order valence-electron chi connectivity index (χ3n) is 7.39. The van der Waals surface area contributed by atoms with Gasteiger partial charge in [0.25, 0.3) is 5.91 Å². The highest BCUT2D eigenvalue weighted by Crippen LogP contribution is 2.47. The molecule has 0 radical (unpaired) electrons. The molecule has 3 atom stereocenters. The maximum absolute atomic E-state index is 13.6. The lowest BCUT2D eigenvalue weighted by Gasteiger charge is -2.52. The van der Waals surface area contributed by atoms with E-state index in [-0.39, 0.29) is 17.9 Å². The van der Waals surface area contributed by atoms with E-state index >= 15 is 0 Å². The maximum Gasteiger partial charge on any atom is 0.274 e. The molecular formula is C27H31N3O2. The molecule has 3 aromatic rings. The monoisotopic (exact) mass is 429 g/mol. The van der Waals surface area contributed by atoms with Crippen molar-refractivity contribution in [3.63, 3.8) is 0 Å². The van der Waals surface area contributed by atoms with Crippen LogP contribution in [0.3, 0.4) is 0 Å². The largest absolute Gasteiger partial charge is 0.385 e. The van der Waals surface area contributed by atoms with Crippen molar-refractivity contribution in [1.29, 1.82) is 0 Å². The first-order valence-corrected chi connectivity index (χ1v) is 11.7. The number of aromatic nitrogens is 2. The molecule has 1 amide bonds. The van der Waals surface area contributed by atoms with Gasteiger partial charge in [0.2, 0.25) is 0 Å². The topological polar surface area (TPSA) is 58.4 Å². The molecule has 1 unspecified atom stereocenters. The average Bonchev–Trinajstić information content (AvgIpc) is 3.20. The lowest BCUT2D eigenvalue weighted by molar-refractivity contribution is -0.110. The predicted molar refractivity (Wildman–Crippen MR) is 124 cm³/mol. The van der Waals surface area contributed by atoms with Crippen LogP contribution in [0.4, 0.5) is 0 Å². The maximum atomic E-state index is 13.6. The number of hydrogen-bond donors (Lipinski definition) is 1. The van der Waals surface area contributed by atoms with Crippen LogP contribution in [0.2, 0.25) is 0 Å². The molecule has 5 heteroatoms. The number of carbonyl (C=O) groups excluding carboxylic acids is 1. The quantitative estimate of drug-likeness (QED) is 0.663. The highest BCUT2D eigenvalue weighted by molar-refractivity contribution is 5.92. The number of benzene rings is 2. The SMILES string of the molecule is Cc1cc(C(=O)N2CCC(O)(c3ccccc3)[C@@H]3CCCC[C@@H]32)nn1Cc1ccccc1.